The number of hydrogen-bond donors (Lipinski definition) is 0. The van der Waals surface area contributed by atoms with Crippen molar-refractivity contribution in [1.82, 2.24) is 0 Å². The van der Waals surface area contributed by atoms with Crippen molar-refractivity contribution in [3.05, 3.63) is 82.9 Å². The van der Waals surface area contributed by atoms with Crippen molar-refractivity contribution in [2.75, 3.05) is 0 Å². The summed E-state index contributed by atoms with van der Waals surface area (Å²) in [5.41, 5.74) is 5.46. The molecule has 0 fully saturated rings. The molecule has 3 aromatic rings. The highest BCUT2D eigenvalue weighted by molar-refractivity contribution is 9.09. The van der Waals surface area contributed by atoms with Gasteiger partial charge in [-0.2, -0.15) is 0 Å². The first-order valence-corrected chi connectivity index (χ1v) is 8.24. The second kappa shape index (κ2) is 6.03. The number of hydrogen-bond acceptors (Lipinski definition) is 0. The summed E-state index contributed by atoms with van der Waals surface area (Å²) in [6.45, 7) is 4.35. The molecule has 3 rings (SSSR count). The zero-order chi connectivity index (χ0) is 14.8. The van der Waals surface area contributed by atoms with Crippen LogP contribution in [0.1, 0.15) is 27.1 Å². The van der Waals surface area contributed by atoms with Crippen LogP contribution in [0.3, 0.4) is 0 Å². The van der Waals surface area contributed by atoms with Gasteiger partial charge in [0.05, 0.1) is 0 Å². The van der Waals surface area contributed by atoms with Gasteiger partial charge in [-0.05, 0) is 47.7 Å². The number of halogens is 1. The molecule has 0 aromatic heterocycles. The Morgan fingerprint density at radius 1 is 0.905 bits per heavy atom. The fourth-order valence-corrected chi connectivity index (χ4v) is 3.95. The Bertz CT molecular complexity index is 774. The van der Waals surface area contributed by atoms with E-state index in [-0.39, 0.29) is 0 Å². The largest absolute Gasteiger partial charge is 0.0835 e. The van der Waals surface area contributed by atoms with Crippen LogP contribution in [0.15, 0.2) is 60.7 Å². The molecule has 0 heterocycles. The van der Waals surface area contributed by atoms with Crippen molar-refractivity contribution in [2.45, 2.75) is 25.1 Å². The summed E-state index contributed by atoms with van der Waals surface area (Å²) in [6, 6.07) is 21.8. The van der Waals surface area contributed by atoms with Gasteiger partial charge in [-0.25, -0.2) is 0 Å². The standard InChI is InChI=1S/C20H19Br/c1-14-6-5-7-16(12-14)13-19(21)20-15(2)10-11-17-8-3-4-9-18(17)20/h3-12,19H,13H2,1-2H3. The molecule has 1 heteroatoms. The van der Waals surface area contributed by atoms with Crippen molar-refractivity contribution in [3.63, 3.8) is 0 Å². The Hall–Kier alpha value is -1.60. The molecule has 0 saturated heterocycles. The molecule has 21 heavy (non-hydrogen) atoms. The van der Waals surface area contributed by atoms with Gasteiger partial charge in [0.1, 0.15) is 0 Å². The molecule has 0 N–H and O–H groups in total. The number of benzene rings is 3. The Labute approximate surface area is 134 Å². The SMILES string of the molecule is Cc1cccc(CC(Br)c2c(C)ccc3ccccc23)c1. The third kappa shape index (κ3) is 3.03. The van der Waals surface area contributed by atoms with Crippen LogP contribution in [0.2, 0.25) is 0 Å². The van der Waals surface area contributed by atoms with Gasteiger partial charge in [0.25, 0.3) is 0 Å². The molecule has 106 valence electrons. The molecule has 0 bridgehead atoms. The Balaban J connectivity index is 2.01. The summed E-state index contributed by atoms with van der Waals surface area (Å²) >= 11 is 3.92. The summed E-state index contributed by atoms with van der Waals surface area (Å²) in [5, 5.41) is 2.67. The first kappa shape index (κ1) is 14.3. The third-order valence-corrected chi connectivity index (χ3v) is 4.78. The molecule has 0 radical (unpaired) electrons. The smallest absolute Gasteiger partial charge is 0.0444 e. The molecule has 0 aliphatic rings. The summed E-state index contributed by atoms with van der Waals surface area (Å²) in [7, 11) is 0. The van der Waals surface area contributed by atoms with E-state index in [1.807, 2.05) is 0 Å². The van der Waals surface area contributed by atoms with E-state index >= 15 is 0 Å². The second-order valence-electron chi connectivity index (χ2n) is 5.68. The van der Waals surface area contributed by atoms with Crippen LogP contribution in [0.4, 0.5) is 0 Å². The topological polar surface area (TPSA) is 0 Å². The molecule has 1 unspecified atom stereocenters. The molecule has 0 amide bonds. The second-order valence-corrected chi connectivity index (χ2v) is 6.78. The van der Waals surface area contributed by atoms with Gasteiger partial charge >= 0.3 is 0 Å². The van der Waals surface area contributed by atoms with Crippen LogP contribution in [-0.2, 0) is 6.42 Å². The van der Waals surface area contributed by atoms with Crippen LogP contribution in [0.25, 0.3) is 10.8 Å². The van der Waals surface area contributed by atoms with E-state index in [4.69, 9.17) is 0 Å². The first-order chi connectivity index (χ1) is 10.1. The Morgan fingerprint density at radius 2 is 1.71 bits per heavy atom. The van der Waals surface area contributed by atoms with E-state index in [9.17, 15) is 0 Å². The summed E-state index contributed by atoms with van der Waals surface area (Å²) in [4.78, 5) is 0.338. The van der Waals surface area contributed by atoms with E-state index in [1.54, 1.807) is 0 Å². The zero-order valence-corrected chi connectivity index (χ0v) is 14.0. The molecule has 0 saturated carbocycles. The minimum atomic E-state index is 0.338. The normalized spacial score (nSPS) is 12.5. The van der Waals surface area contributed by atoms with E-state index < -0.39 is 0 Å². The maximum Gasteiger partial charge on any atom is 0.0444 e. The van der Waals surface area contributed by atoms with Gasteiger partial charge < -0.3 is 0 Å². The number of rotatable bonds is 3. The molecular weight excluding hydrogens is 320 g/mol. The predicted octanol–water partition coefficient (Wildman–Crippen LogP) is 6.14. The highest BCUT2D eigenvalue weighted by Gasteiger charge is 2.14. The fraction of sp³-hybridized carbons (Fsp3) is 0.200. The lowest BCUT2D eigenvalue weighted by atomic mass is 9.94. The predicted molar refractivity (Wildman–Crippen MR) is 95.2 cm³/mol. The third-order valence-electron chi connectivity index (χ3n) is 4.00. The van der Waals surface area contributed by atoms with Crippen molar-refractivity contribution in [2.24, 2.45) is 0 Å². The number of alkyl halides is 1. The molecule has 0 aliphatic carbocycles. The van der Waals surface area contributed by atoms with Crippen LogP contribution in [-0.4, -0.2) is 0 Å². The van der Waals surface area contributed by atoms with Gasteiger partial charge in [0, 0.05) is 4.83 Å². The Morgan fingerprint density at radius 3 is 2.52 bits per heavy atom. The number of aryl methyl sites for hydroxylation is 2. The van der Waals surface area contributed by atoms with Gasteiger partial charge in [0.2, 0.25) is 0 Å². The van der Waals surface area contributed by atoms with E-state index in [0.717, 1.165) is 6.42 Å². The van der Waals surface area contributed by atoms with Crippen LogP contribution < -0.4 is 0 Å². The average molecular weight is 339 g/mol. The minimum Gasteiger partial charge on any atom is -0.0835 e. The molecular formula is C20H19Br. The molecule has 0 nitrogen and oxygen atoms in total. The lowest BCUT2D eigenvalue weighted by Crippen LogP contribution is -1.99. The van der Waals surface area contributed by atoms with Gasteiger partial charge in [0.15, 0.2) is 0 Å². The van der Waals surface area contributed by atoms with E-state index in [2.05, 4.69) is 90.4 Å². The van der Waals surface area contributed by atoms with E-state index in [1.165, 1.54) is 33.0 Å². The van der Waals surface area contributed by atoms with Gasteiger partial charge in [-0.1, -0.05) is 82.2 Å². The van der Waals surface area contributed by atoms with Gasteiger partial charge in [-0.3, -0.25) is 0 Å². The lowest BCUT2D eigenvalue weighted by molar-refractivity contribution is 0.946. The summed E-state index contributed by atoms with van der Waals surface area (Å²) in [6.07, 6.45) is 1.01. The average Bonchev–Trinajstić information content (AvgIpc) is 2.47. The summed E-state index contributed by atoms with van der Waals surface area (Å²) in [5.74, 6) is 0. The Kier molecular flexibility index (Phi) is 4.12. The van der Waals surface area contributed by atoms with Crippen molar-refractivity contribution >= 4 is 26.7 Å². The van der Waals surface area contributed by atoms with Crippen LogP contribution in [0, 0.1) is 13.8 Å². The molecule has 3 aromatic carbocycles. The van der Waals surface area contributed by atoms with Crippen molar-refractivity contribution < 1.29 is 0 Å². The first-order valence-electron chi connectivity index (χ1n) is 7.33. The van der Waals surface area contributed by atoms with Crippen LogP contribution in [0.5, 0.6) is 0 Å². The molecule has 0 spiro atoms. The highest BCUT2D eigenvalue weighted by Crippen LogP contribution is 2.35. The van der Waals surface area contributed by atoms with Crippen molar-refractivity contribution in [3.8, 4) is 0 Å². The number of fused-ring (bicyclic) bond motifs is 1. The minimum absolute atomic E-state index is 0.338. The molecule has 1 atom stereocenters. The maximum atomic E-state index is 3.92. The fourth-order valence-electron chi connectivity index (χ4n) is 2.97. The lowest BCUT2D eigenvalue weighted by Gasteiger charge is -2.16. The monoisotopic (exact) mass is 338 g/mol. The van der Waals surface area contributed by atoms with E-state index in [0.29, 0.717) is 4.83 Å². The summed E-state index contributed by atoms with van der Waals surface area (Å²) < 4.78 is 0. The molecule has 0 aliphatic heterocycles. The van der Waals surface area contributed by atoms with Crippen molar-refractivity contribution in [1.29, 1.82) is 0 Å². The maximum absolute atomic E-state index is 3.92. The highest BCUT2D eigenvalue weighted by atomic mass is 79.9. The van der Waals surface area contributed by atoms with Crippen LogP contribution >= 0.6 is 15.9 Å². The zero-order valence-electron chi connectivity index (χ0n) is 12.4. The van der Waals surface area contributed by atoms with Gasteiger partial charge in [-0.15, -0.1) is 0 Å². The quantitative estimate of drug-likeness (QED) is 0.503.